The highest BCUT2D eigenvalue weighted by Crippen LogP contribution is 2.21. The molecule has 0 radical (unpaired) electrons. The van der Waals surface area contributed by atoms with Crippen LogP contribution in [-0.4, -0.2) is 25.9 Å². The molecule has 0 aromatic heterocycles. The second-order valence-corrected chi connectivity index (χ2v) is 2.85. The second kappa shape index (κ2) is 3.88. The molecule has 1 saturated heterocycles. The molecule has 0 amide bonds. The van der Waals surface area contributed by atoms with Gasteiger partial charge in [0, 0.05) is 7.11 Å². The summed E-state index contributed by atoms with van der Waals surface area (Å²) in [4.78, 5) is 0. The van der Waals surface area contributed by atoms with E-state index in [4.69, 9.17) is 9.47 Å². The minimum atomic E-state index is 0.175. The fourth-order valence-electron chi connectivity index (χ4n) is 1.55. The van der Waals surface area contributed by atoms with Crippen LogP contribution in [0.1, 0.15) is 20.3 Å². The van der Waals surface area contributed by atoms with E-state index in [0.717, 1.165) is 13.0 Å². The lowest BCUT2D eigenvalue weighted by Crippen LogP contribution is -2.35. The van der Waals surface area contributed by atoms with Crippen molar-refractivity contribution in [3.63, 3.8) is 0 Å². The predicted molar refractivity (Wildman–Crippen MR) is 44.6 cm³/mol. The maximum Gasteiger partial charge on any atom is 0.104 e. The van der Waals surface area contributed by atoms with E-state index in [1.165, 1.54) is 5.57 Å². The third kappa shape index (κ3) is 1.82. The Balaban J connectivity index is 2.64. The van der Waals surface area contributed by atoms with Gasteiger partial charge < -0.3 is 9.47 Å². The van der Waals surface area contributed by atoms with E-state index in [0.29, 0.717) is 0 Å². The van der Waals surface area contributed by atoms with Crippen LogP contribution in [0.2, 0.25) is 0 Å². The van der Waals surface area contributed by atoms with Gasteiger partial charge in [0.05, 0.1) is 12.7 Å². The van der Waals surface area contributed by atoms with E-state index in [1.54, 1.807) is 7.11 Å². The molecule has 0 aromatic rings. The molecule has 11 heavy (non-hydrogen) atoms. The van der Waals surface area contributed by atoms with E-state index in [9.17, 15) is 0 Å². The monoisotopic (exact) mass is 156 g/mol. The number of hydrogen-bond acceptors (Lipinski definition) is 2. The van der Waals surface area contributed by atoms with Crippen molar-refractivity contribution >= 4 is 0 Å². The molecule has 1 heterocycles. The van der Waals surface area contributed by atoms with Crippen LogP contribution in [0.3, 0.4) is 0 Å². The van der Waals surface area contributed by atoms with Crippen LogP contribution in [-0.2, 0) is 9.47 Å². The van der Waals surface area contributed by atoms with Gasteiger partial charge in [-0.25, -0.2) is 0 Å². The highest BCUT2D eigenvalue weighted by molar-refractivity contribution is 5.11. The molecule has 1 aliphatic heterocycles. The Labute approximate surface area is 68.2 Å². The Morgan fingerprint density at radius 1 is 1.64 bits per heavy atom. The molecule has 2 atom stereocenters. The Morgan fingerprint density at radius 3 is 2.82 bits per heavy atom. The smallest absolute Gasteiger partial charge is 0.104 e. The van der Waals surface area contributed by atoms with Crippen LogP contribution in [0.5, 0.6) is 0 Å². The maximum absolute atomic E-state index is 5.45. The third-order valence-electron chi connectivity index (χ3n) is 2.19. The van der Waals surface area contributed by atoms with E-state index in [-0.39, 0.29) is 12.2 Å². The highest BCUT2D eigenvalue weighted by Gasteiger charge is 2.25. The third-order valence-corrected chi connectivity index (χ3v) is 2.19. The molecule has 0 aromatic carbocycles. The zero-order valence-corrected chi connectivity index (χ0v) is 7.46. The van der Waals surface area contributed by atoms with Crippen LogP contribution in [0, 0.1) is 0 Å². The Morgan fingerprint density at radius 2 is 2.36 bits per heavy atom. The van der Waals surface area contributed by atoms with Crippen molar-refractivity contribution in [3.8, 4) is 0 Å². The molecule has 1 rings (SSSR count). The topological polar surface area (TPSA) is 18.5 Å². The molecule has 1 fully saturated rings. The molecule has 0 aliphatic carbocycles. The molecule has 2 unspecified atom stereocenters. The summed E-state index contributed by atoms with van der Waals surface area (Å²) >= 11 is 0. The first-order valence-corrected chi connectivity index (χ1v) is 4.09. The lowest BCUT2D eigenvalue weighted by Gasteiger charge is -2.30. The molecule has 0 saturated carbocycles. The van der Waals surface area contributed by atoms with E-state index in [1.807, 2.05) is 0 Å². The van der Waals surface area contributed by atoms with Crippen LogP contribution in [0.25, 0.3) is 0 Å². The average molecular weight is 156 g/mol. The fourth-order valence-corrected chi connectivity index (χ4v) is 1.55. The van der Waals surface area contributed by atoms with Gasteiger partial charge >= 0.3 is 0 Å². The molecular formula is C9H16O2. The minimum absolute atomic E-state index is 0.175. The highest BCUT2D eigenvalue weighted by atomic mass is 16.5. The summed E-state index contributed by atoms with van der Waals surface area (Å²) in [6.07, 6.45) is 3.53. The van der Waals surface area contributed by atoms with Crippen LogP contribution in [0.4, 0.5) is 0 Å². The number of rotatable bonds is 1. The summed E-state index contributed by atoms with van der Waals surface area (Å²) in [7, 11) is 1.74. The molecule has 2 nitrogen and oxygen atoms in total. The van der Waals surface area contributed by atoms with Crippen LogP contribution in [0.15, 0.2) is 11.6 Å². The SMILES string of the molecule is C/C=C1/CCOC(C)C1OC. The normalized spacial score (nSPS) is 36.1. The summed E-state index contributed by atoms with van der Waals surface area (Å²) < 4.78 is 10.8. The first-order chi connectivity index (χ1) is 5.29. The van der Waals surface area contributed by atoms with Gasteiger partial charge in [-0.1, -0.05) is 6.08 Å². The minimum Gasteiger partial charge on any atom is -0.375 e. The van der Waals surface area contributed by atoms with E-state index >= 15 is 0 Å². The second-order valence-electron chi connectivity index (χ2n) is 2.85. The van der Waals surface area contributed by atoms with E-state index in [2.05, 4.69) is 19.9 Å². The molecule has 2 heteroatoms. The largest absolute Gasteiger partial charge is 0.375 e. The van der Waals surface area contributed by atoms with Crippen molar-refractivity contribution < 1.29 is 9.47 Å². The molecular weight excluding hydrogens is 140 g/mol. The molecule has 64 valence electrons. The Kier molecular flexibility index (Phi) is 3.09. The Hall–Kier alpha value is -0.340. The summed E-state index contributed by atoms with van der Waals surface area (Å²) in [5.74, 6) is 0. The van der Waals surface area contributed by atoms with Crippen molar-refractivity contribution in [1.82, 2.24) is 0 Å². The number of hydrogen-bond donors (Lipinski definition) is 0. The van der Waals surface area contributed by atoms with Gasteiger partial charge in [0.1, 0.15) is 6.10 Å². The van der Waals surface area contributed by atoms with Crippen molar-refractivity contribution in [2.45, 2.75) is 32.5 Å². The zero-order chi connectivity index (χ0) is 8.27. The zero-order valence-electron chi connectivity index (χ0n) is 7.46. The average Bonchev–Trinajstić information content (AvgIpc) is 2.04. The van der Waals surface area contributed by atoms with E-state index < -0.39 is 0 Å². The summed E-state index contributed by atoms with van der Waals surface area (Å²) in [6.45, 7) is 4.94. The quantitative estimate of drug-likeness (QED) is 0.538. The molecule has 0 N–H and O–H groups in total. The number of allylic oxidation sites excluding steroid dienone is 1. The molecule has 0 spiro atoms. The Bertz CT molecular complexity index is 152. The number of methoxy groups -OCH3 is 1. The predicted octanol–water partition coefficient (Wildman–Crippen LogP) is 1.76. The van der Waals surface area contributed by atoms with Crippen LogP contribution >= 0.6 is 0 Å². The maximum atomic E-state index is 5.45. The van der Waals surface area contributed by atoms with Crippen molar-refractivity contribution in [2.75, 3.05) is 13.7 Å². The van der Waals surface area contributed by atoms with Crippen molar-refractivity contribution in [1.29, 1.82) is 0 Å². The summed E-state index contributed by atoms with van der Waals surface area (Å²) in [5, 5.41) is 0. The van der Waals surface area contributed by atoms with Gasteiger partial charge in [-0.15, -0.1) is 0 Å². The standard InChI is InChI=1S/C9H16O2/c1-4-8-5-6-11-7(2)9(8)10-3/h4,7,9H,5-6H2,1-3H3/b8-4-. The van der Waals surface area contributed by atoms with Gasteiger partial charge in [0.15, 0.2) is 0 Å². The van der Waals surface area contributed by atoms with Gasteiger partial charge in [-0.2, -0.15) is 0 Å². The summed E-state index contributed by atoms with van der Waals surface area (Å²) in [5.41, 5.74) is 1.37. The van der Waals surface area contributed by atoms with Gasteiger partial charge in [-0.3, -0.25) is 0 Å². The molecule has 0 bridgehead atoms. The lowest BCUT2D eigenvalue weighted by atomic mass is 10.00. The van der Waals surface area contributed by atoms with Gasteiger partial charge in [0.2, 0.25) is 0 Å². The fraction of sp³-hybridized carbons (Fsp3) is 0.778. The van der Waals surface area contributed by atoms with Gasteiger partial charge in [0.25, 0.3) is 0 Å². The van der Waals surface area contributed by atoms with Gasteiger partial charge in [-0.05, 0) is 25.8 Å². The van der Waals surface area contributed by atoms with Crippen LogP contribution < -0.4 is 0 Å². The first kappa shape index (κ1) is 8.75. The summed E-state index contributed by atoms with van der Waals surface area (Å²) in [6, 6.07) is 0. The number of ether oxygens (including phenoxy) is 2. The lowest BCUT2D eigenvalue weighted by molar-refractivity contribution is -0.0526. The first-order valence-electron chi connectivity index (χ1n) is 4.09. The molecule has 1 aliphatic rings. The van der Waals surface area contributed by atoms with Crippen molar-refractivity contribution in [2.24, 2.45) is 0 Å². The van der Waals surface area contributed by atoms with Crippen molar-refractivity contribution in [3.05, 3.63) is 11.6 Å².